The quantitative estimate of drug-likeness (QED) is 0.772. The van der Waals surface area contributed by atoms with Crippen molar-refractivity contribution in [3.05, 3.63) is 23.8 Å². The zero-order valence-corrected chi connectivity index (χ0v) is 9.64. The Labute approximate surface area is 95.4 Å². The number of ether oxygens (including phenoxy) is 2. The Morgan fingerprint density at radius 3 is 2.62 bits per heavy atom. The van der Waals surface area contributed by atoms with Gasteiger partial charge >= 0.3 is 0 Å². The van der Waals surface area contributed by atoms with Gasteiger partial charge in [0.1, 0.15) is 0 Å². The minimum Gasteiger partial charge on any atom is -0.493 e. The zero-order valence-electron chi connectivity index (χ0n) is 9.64. The summed E-state index contributed by atoms with van der Waals surface area (Å²) in [5.74, 6) is 1.25. The lowest BCUT2D eigenvalue weighted by atomic mass is 10.1. The summed E-state index contributed by atoms with van der Waals surface area (Å²) in [6, 6.07) is 5.26. The van der Waals surface area contributed by atoms with Crippen LogP contribution < -0.4 is 9.47 Å². The smallest absolute Gasteiger partial charge is 0.161 e. The second-order valence-corrected chi connectivity index (χ2v) is 3.37. The third-order valence-electron chi connectivity index (χ3n) is 2.27. The molecule has 1 aromatic rings. The monoisotopic (exact) mass is 226 g/mol. The van der Waals surface area contributed by atoms with Gasteiger partial charge in [0.2, 0.25) is 0 Å². The van der Waals surface area contributed by atoms with Crippen molar-refractivity contribution in [1.29, 1.82) is 0 Å². The molecule has 1 aromatic carbocycles. The molecule has 4 heteroatoms. The van der Waals surface area contributed by atoms with E-state index in [2.05, 4.69) is 0 Å². The van der Waals surface area contributed by atoms with Gasteiger partial charge in [0.05, 0.1) is 19.8 Å². The Morgan fingerprint density at radius 2 is 2.06 bits per heavy atom. The van der Waals surface area contributed by atoms with Gasteiger partial charge in [0.15, 0.2) is 11.5 Å². The Kier molecular flexibility index (Phi) is 5.08. The van der Waals surface area contributed by atoms with Crippen molar-refractivity contribution in [2.75, 3.05) is 20.3 Å². The summed E-state index contributed by atoms with van der Waals surface area (Å²) in [6.07, 6.45) is -0.355. The van der Waals surface area contributed by atoms with Gasteiger partial charge in [-0.25, -0.2) is 0 Å². The van der Waals surface area contributed by atoms with Gasteiger partial charge in [0.25, 0.3) is 0 Å². The molecule has 0 saturated heterocycles. The summed E-state index contributed by atoms with van der Waals surface area (Å²) >= 11 is 0. The molecule has 0 aliphatic rings. The molecule has 0 aliphatic carbocycles. The molecule has 0 fully saturated rings. The Morgan fingerprint density at radius 1 is 1.31 bits per heavy atom. The van der Waals surface area contributed by atoms with Crippen LogP contribution in [0.3, 0.4) is 0 Å². The summed E-state index contributed by atoms with van der Waals surface area (Å²) in [5, 5.41) is 18.5. The highest BCUT2D eigenvalue weighted by Crippen LogP contribution is 2.30. The lowest BCUT2D eigenvalue weighted by Crippen LogP contribution is -2.02. The molecule has 2 N–H and O–H groups in total. The van der Waals surface area contributed by atoms with Gasteiger partial charge in [-0.05, 0) is 24.6 Å². The summed E-state index contributed by atoms with van der Waals surface area (Å²) in [7, 11) is 1.56. The third kappa shape index (κ3) is 3.12. The predicted molar refractivity (Wildman–Crippen MR) is 60.8 cm³/mol. The van der Waals surface area contributed by atoms with Crippen LogP contribution in [0.15, 0.2) is 18.2 Å². The maximum atomic E-state index is 9.70. The second-order valence-electron chi connectivity index (χ2n) is 3.37. The van der Waals surface area contributed by atoms with E-state index in [1.807, 2.05) is 6.92 Å². The van der Waals surface area contributed by atoms with Crippen LogP contribution in [0, 0.1) is 0 Å². The fourth-order valence-corrected chi connectivity index (χ4v) is 1.46. The highest BCUT2D eigenvalue weighted by atomic mass is 16.5. The van der Waals surface area contributed by atoms with E-state index in [0.29, 0.717) is 30.1 Å². The van der Waals surface area contributed by atoms with Crippen LogP contribution in [-0.2, 0) is 0 Å². The number of aliphatic hydroxyl groups excluding tert-OH is 2. The van der Waals surface area contributed by atoms with Crippen LogP contribution in [0.5, 0.6) is 11.5 Å². The van der Waals surface area contributed by atoms with Gasteiger partial charge < -0.3 is 19.7 Å². The van der Waals surface area contributed by atoms with Gasteiger partial charge in [-0.1, -0.05) is 6.07 Å². The first kappa shape index (κ1) is 12.8. The highest BCUT2D eigenvalue weighted by Gasteiger charge is 2.11. The zero-order chi connectivity index (χ0) is 12.0. The van der Waals surface area contributed by atoms with Crippen molar-refractivity contribution in [2.24, 2.45) is 0 Å². The molecule has 90 valence electrons. The van der Waals surface area contributed by atoms with Gasteiger partial charge in [0, 0.05) is 13.0 Å². The molecule has 1 rings (SSSR count). The van der Waals surface area contributed by atoms with Crippen molar-refractivity contribution in [2.45, 2.75) is 19.4 Å². The molecule has 0 amide bonds. The lowest BCUT2D eigenvalue weighted by molar-refractivity contribution is 0.134. The maximum absolute atomic E-state index is 9.70. The Hall–Kier alpha value is -1.26. The molecule has 1 atom stereocenters. The number of hydrogen-bond acceptors (Lipinski definition) is 4. The number of aliphatic hydroxyl groups is 2. The molecule has 16 heavy (non-hydrogen) atoms. The minimum absolute atomic E-state index is 0.0449. The molecule has 0 unspecified atom stereocenters. The maximum Gasteiger partial charge on any atom is 0.161 e. The molecular weight excluding hydrogens is 208 g/mol. The number of rotatable bonds is 6. The standard InChI is InChI=1S/C12H18O4/c1-3-16-11-5-4-9(8-12(11)15-2)10(14)6-7-13/h4-5,8,10,13-14H,3,6-7H2,1-2H3/t10-/m0/s1. The van der Waals surface area contributed by atoms with E-state index in [1.165, 1.54) is 0 Å². The first-order valence-corrected chi connectivity index (χ1v) is 5.32. The van der Waals surface area contributed by atoms with Gasteiger partial charge in [-0.3, -0.25) is 0 Å². The van der Waals surface area contributed by atoms with Crippen LogP contribution >= 0.6 is 0 Å². The largest absolute Gasteiger partial charge is 0.493 e. The van der Waals surface area contributed by atoms with E-state index < -0.39 is 6.10 Å². The molecule has 0 radical (unpaired) electrons. The summed E-state index contributed by atoms with van der Waals surface area (Å²) in [4.78, 5) is 0. The SMILES string of the molecule is CCOc1ccc([C@@H](O)CCO)cc1OC. The first-order valence-electron chi connectivity index (χ1n) is 5.32. The van der Waals surface area contributed by atoms with Crippen molar-refractivity contribution in [3.8, 4) is 11.5 Å². The Bertz CT molecular complexity index is 325. The fraction of sp³-hybridized carbons (Fsp3) is 0.500. The predicted octanol–water partition coefficient (Wildman–Crippen LogP) is 1.51. The van der Waals surface area contributed by atoms with Crippen LogP contribution in [0.4, 0.5) is 0 Å². The van der Waals surface area contributed by atoms with Crippen molar-refractivity contribution in [3.63, 3.8) is 0 Å². The van der Waals surface area contributed by atoms with E-state index in [1.54, 1.807) is 25.3 Å². The van der Waals surface area contributed by atoms with Crippen LogP contribution in [0.25, 0.3) is 0 Å². The summed E-state index contributed by atoms with van der Waals surface area (Å²) < 4.78 is 10.5. The van der Waals surface area contributed by atoms with Crippen molar-refractivity contribution in [1.82, 2.24) is 0 Å². The second kappa shape index (κ2) is 6.35. The molecule has 0 spiro atoms. The topological polar surface area (TPSA) is 58.9 Å². The third-order valence-corrected chi connectivity index (χ3v) is 2.27. The van der Waals surface area contributed by atoms with Gasteiger partial charge in [-0.2, -0.15) is 0 Å². The molecular formula is C12H18O4. The van der Waals surface area contributed by atoms with Crippen LogP contribution in [0.1, 0.15) is 25.0 Å². The average molecular weight is 226 g/mol. The number of methoxy groups -OCH3 is 1. The molecule has 4 nitrogen and oxygen atoms in total. The normalized spacial score (nSPS) is 12.2. The van der Waals surface area contributed by atoms with Crippen molar-refractivity contribution >= 4 is 0 Å². The van der Waals surface area contributed by atoms with E-state index in [9.17, 15) is 5.11 Å². The minimum atomic E-state index is -0.672. The van der Waals surface area contributed by atoms with E-state index in [4.69, 9.17) is 14.6 Å². The summed E-state index contributed by atoms with van der Waals surface area (Å²) in [6.45, 7) is 2.42. The highest BCUT2D eigenvalue weighted by molar-refractivity contribution is 5.43. The number of hydrogen-bond donors (Lipinski definition) is 2. The molecule has 0 bridgehead atoms. The molecule has 0 heterocycles. The van der Waals surface area contributed by atoms with Crippen LogP contribution in [0.2, 0.25) is 0 Å². The van der Waals surface area contributed by atoms with Crippen molar-refractivity contribution < 1.29 is 19.7 Å². The molecule has 0 saturated carbocycles. The van der Waals surface area contributed by atoms with E-state index in [-0.39, 0.29) is 6.61 Å². The molecule has 0 aromatic heterocycles. The van der Waals surface area contributed by atoms with E-state index in [0.717, 1.165) is 0 Å². The molecule has 0 aliphatic heterocycles. The lowest BCUT2D eigenvalue weighted by Gasteiger charge is -2.13. The number of benzene rings is 1. The average Bonchev–Trinajstić information content (AvgIpc) is 2.30. The first-order chi connectivity index (χ1) is 7.72. The fourth-order valence-electron chi connectivity index (χ4n) is 1.46. The van der Waals surface area contributed by atoms with E-state index >= 15 is 0 Å². The summed E-state index contributed by atoms with van der Waals surface area (Å²) in [5.41, 5.74) is 0.717. The van der Waals surface area contributed by atoms with Crippen LogP contribution in [-0.4, -0.2) is 30.5 Å². The Balaban J connectivity index is 2.89. The van der Waals surface area contributed by atoms with Gasteiger partial charge in [-0.15, -0.1) is 0 Å².